The number of alkyl halides is 3. The molecule has 0 unspecified atom stereocenters. The van der Waals surface area contributed by atoms with E-state index in [-0.39, 0.29) is 17.8 Å². The van der Waals surface area contributed by atoms with Crippen molar-refractivity contribution in [1.29, 1.82) is 0 Å². The highest BCUT2D eigenvalue weighted by Gasteiger charge is 2.31. The number of benzene rings is 2. The molecule has 0 aliphatic heterocycles. The first-order chi connectivity index (χ1) is 13.7. The van der Waals surface area contributed by atoms with E-state index in [1.54, 1.807) is 19.2 Å². The van der Waals surface area contributed by atoms with Gasteiger partial charge in [0.1, 0.15) is 11.6 Å². The van der Waals surface area contributed by atoms with Gasteiger partial charge in [0.25, 0.3) is 5.91 Å². The molecule has 0 aliphatic rings. The summed E-state index contributed by atoms with van der Waals surface area (Å²) in [6.07, 6.45) is -3.27. The molecular weight excluding hydrogens is 392 g/mol. The molecule has 0 atom stereocenters. The number of rotatable bonds is 6. The van der Waals surface area contributed by atoms with Crippen LogP contribution < -0.4 is 10.1 Å². The molecule has 6 nitrogen and oxygen atoms in total. The Morgan fingerprint density at radius 1 is 1.14 bits per heavy atom. The molecule has 10 heteroatoms. The van der Waals surface area contributed by atoms with Gasteiger partial charge in [0.15, 0.2) is 5.69 Å². The van der Waals surface area contributed by atoms with Crippen LogP contribution in [0.4, 0.5) is 17.6 Å². The van der Waals surface area contributed by atoms with Gasteiger partial charge in [-0.1, -0.05) is 17.3 Å². The molecule has 152 valence electrons. The summed E-state index contributed by atoms with van der Waals surface area (Å²) in [4.78, 5) is 12.2. The Bertz CT molecular complexity index is 1000. The molecule has 0 bridgehead atoms. The van der Waals surface area contributed by atoms with Crippen LogP contribution in [0.1, 0.15) is 27.2 Å². The van der Waals surface area contributed by atoms with Gasteiger partial charge in [0, 0.05) is 6.54 Å². The van der Waals surface area contributed by atoms with Crippen LogP contribution in [0.25, 0.3) is 0 Å². The maximum atomic E-state index is 13.4. The van der Waals surface area contributed by atoms with Gasteiger partial charge in [0.05, 0.1) is 25.4 Å². The summed E-state index contributed by atoms with van der Waals surface area (Å²) in [6, 6.07) is 9.35. The van der Waals surface area contributed by atoms with Crippen LogP contribution >= 0.6 is 0 Å². The van der Waals surface area contributed by atoms with Crippen LogP contribution in [0.2, 0.25) is 0 Å². The third-order valence-corrected chi connectivity index (χ3v) is 4.01. The average molecular weight is 408 g/mol. The third kappa shape index (κ3) is 5.31. The van der Waals surface area contributed by atoms with E-state index in [4.69, 9.17) is 4.74 Å². The average Bonchev–Trinajstić information content (AvgIpc) is 3.14. The Morgan fingerprint density at radius 2 is 1.86 bits per heavy atom. The molecule has 2 aromatic carbocycles. The number of aromatic nitrogens is 3. The minimum atomic E-state index is -4.68. The van der Waals surface area contributed by atoms with E-state index >= 15 is 0 Å². The highest BCUT2D eigenvalue weighted by molar-refractivity contribution is 5.91. The van der Waals surface area contributed by atoms with Crippen molar-refractivity contribution in [2.24, 2.45) is 0 Å². The van der Waals surface area contributed by atoms with Crippen LogP contribution in [-0.2, 0) is 19.3 Å². The standard InChI is InChI=1S/C19H16F4N4O2/c1-29-16-4-2-12(3-5-16)10-27-11-17(25-26-27)18(28)24-9-13-6-14(19(21,22)23)8-15(20)7-13/h2-8,11H,9-10H2,1H3,(H,24,28). The number of nitrogens with one attached hydrogen (secondary N) is 1. The Balaban J connectivity index is 1.62. The molecule has 1 N–H and O–H groups in total. The van der Waals surface area contributed by atoms with Crippen LogP contribution in [0.5, 0.6) is 5.75 Å². The molecule has 1 aromatic heterocycles. The molecule has 1 heterocycles. The van der Waals surface area contributed by atoms with E-state index in [0.29, 0.717) is 18.4 Å². The lowest BCUT2D eigenvalue weighted by molar-refractivity contribution is -0.137. The minimum absolute atomic E-state index is 0.00837. The quantitative estimate of drug-likeness (QED) is 0.635. The highest BCUT2D eigenvalue weighted by Crippen LogP contribution is 2.30. The summed E-state index contributed by atoms with van der Waals surface area (Å²) in [5.74, 6) is -0.961. The Labute approximate surface area is 163 Å². The molecule has 3 rings (SSSR count). The summed E-state index contributed by atoms with van der Waals surface area (Å²) in [6.45, 7) is 0.0775. The molecule has 1 amide bonds. The number of methoxy groups -OCH3 is 1. The predicted octanol–water partition coefficient (Wildman–Crippen LogP) is 3.42. The first-order valence-corrected chi connectivity index (χ1v) is 8.42. The highest BCUT2D eigenvalue weighted by atomic mass is 19.4. The lowest BCUT2D eigenvalue weighted by Crippen LogP contribution is -2.23. The topological polar surface area (TPSA) is 69.0 Å². The van der Waals surface area contributed by atoms with Crippen LogP contribution in [-0.4, -0.2) is 28.0 Å². The molecule has 0 aliphatic carbocycles. The van der Waals surface area contributed by atoms with Gasteiger partial charge in [-0.05, 0) is 41.5 Å². The van der Waals surface area contributed by atoms with E-state index in [0.717, 1.165) is 17.7 Å². The van der Waals surface area contributed by atoms with Crippen molar-refractivity contribution in [2.75, 3.05) is 7.11 Å². The Morgan fingerprint density at radius 3 is 2.52 bits per heavy atom. The van der Waals surface area contributed by atoms with Crippen LogP contribution in [0.3, 0.4) is 0 Å². The maximum Gasteiger partial charge on any atom is 0.416 e. The van der Waals surface area contributed by atoms with E-state index in [2.05, 4.69) is 15.6 Å². The van der Waals surface area contributed by atoms with E-state index in [9.17, 15) is 22.4 Å². The number of carbonyl (C=O) groups excluding carboxylic acids is 1. The smallest absolute Gasteiger partial charge is 0.416 e. The fraction of sp³-hybridized carbons (Fsp3) is 0.211. The van der Waals surface area contributed by atoms with Gasteiger partial charge < -0.3 is 10.1 Å². The number of hydrogen-bond acceptors (Lipinski definition) is 4. The van der Waals surface area contributed by atoms with Crippen LogP contribution in [0.15, 0.2) is 48.7 Å². The second-order valence-electron chi connectivity index (χ2n) is 6.18. The van der Waals surface area contributed by atoms with E-state index < -0.39 is 23.5 Å². The number of carbonyl (C=O) groups is 1. The third-order valence-electron chi connectivity index (χ3n) is 4.01. The zero-order valence-corrected chi connectivity index (χ0v) is 15.2. The summed E-state index contributed by atoms with van der Waals surface area (Å²) >= 11 is 0. The van der Waals surface area contributed by atoms with Crippen LogP contribution in [0, 0.1) is 5.82 Å². The number of ether oxygens (including phenoxy) is 1. The largest absolute Gasteiger partial charge is 0.497 e. The van der Waals surface area contributed by atoms with Crippen molar-refractivity contribution in [2.45, 2.75) is 19.3 Å². The molecule has 0 radical (unpaired) electrons. The van der Waals surface area contributed by atoms with Gasteiger partial charge in [0.2, 0.25) is 0 Å². The zero-order valence-electron chi connectivity index (χ0n) is 15.2. The molecule has 0 saturated carbocycles. The lowest BCUT2D eigenvalue weighted by atomic mass is 10.1. The van der Waals surface area contributed by atoms with Gasteiger partial charge in [-0.15, -0.1) is 5.10 Å². The van der Waals surface area contributed by atoms with Crippen molar-refractivity contribution in [3.05, 3.63) is 76.9 Å². The van der Waals surface area contributed by atoms with Crippen molar-refractivity contribution in [3.8, 4) is 5.75 Å². The minimum Gasteiger partial charge on any atom is -0.497 e. The number of halogens is 4. The maximum absolute atomic E-state index is 13.4. The SMILES string of the molecule is COc1ccc(Cn2cc(C(=O)NCc3cc(F)cc(C(F)(F)F)c3)nn2)cc1. The first-order valence-electron chi connectivity index (χ1n) is 8.42. The molecular formula is C19H16F4N4O2. The first kappa shape index (κ1) is 20.3. The molecule has 29 heavy (non-hydrogen) atoms. The summed E-state index contributed by atoms with van der Waals surface area (Å²) < 4.78 is 58.2. The van der Waals surface area contributed by atoms with Gasteiger partial charge in [-0.2, -0.15) is 13.2 Å². The van der Waals surface area contributed by atoms with Gasteiger partial charge in [-0.25, -0.2) is 9.07 Å². The predicted molar refractivity (Wildman–Crippen MR) is 94.7 cm³/mol. The van der Waals surface area contributed by atoms with E-state index in [1.165, 1.54) is 10.9 Å². The Hall–Kier alpha value is -3.43. The summed E-state index contributed by atoms with van der Waals surface area (Å²) in [5, 5.41) is 10.0. The van der Waals surface area contributed by atoms with Crippen molar-refractivity contribution in [3.63, 3.8) is 0 Å². The second kappa shape index (κ2) is 8.29. The van der Waals surface area contributed by atoms with Crippen molar-refractivity contribution >= 4 is 5.91 Å². The number of amides is 1. The number of nitrogens with zero attached hydrogens (tertiary/aromatic N) is 3. The monoisotopic (exact) mass is 408 g/mol. The zero-order chi connectivity index (χ0) is 21.0. The molecule has 3 aromatic rings. The number of hydrogen-bond donors (Lipinski definition) is 1. The van der Waals surface area contributed by atoms with Crippen molar-refractivity contribution < 1.29 is 27.1 Å². The van der Waals surface area contributed by atoms with Crippen molar-refractivity contribution in [1.82, 2.24) is 20.3 Å². The second-order valence-corrected chi connectivity index (χ2v) is 6.18. The fourth-order valence-corrected chi connectivity index (χ4v) is 2.59. The normalized spacial score (nSPS) is 11.3. The van der Waals surface area contributed by atoms with E-state index in [1.807, 2.05) is 12.1 Å². The van der Waals surface area contributed by atoms with Gasteiger partial charge >= 0.3 is 6.18 Å². The summed E-state index contributed by atoms with van der Waals surface area (Å²) in [7, 11) is 1.56. The lowest BCUT2D eigenvalue weighted by Gasteiger charge is -2.10. The van der Waals surface area contributed by atoms with Gasteiger partial charge in [-0.3, -0.25) is 4.79 Å². The fourth-order valence-electron chi connectivity index (χ4n) is 2.59. The molecule has 0 saturated heterocycles. The Kier molecular flexibility index (Phi) is 5.81. The molecule has 0 fully saturated rings. The molecule has 0 spiro atoms. The summed E-state index contributed by atoms with van der Waals surface area (Å²) in [5.41, 5.74) is -0.239.